The molecule has 2 heterocycles. The maximum atomic E-state index is 5.36. The summed E-state index contributed by atoms with van der Waals surface area (Å²) in [6.07, 6.45) is 4.35. The standard InChI is InChI=1S/C13H20N2OS/c1-2-14-13-4-3-11(9-15-13)10-17-12-5-7-16-8-6-12/h3-4,9,12H,2,5-8,10H2,1H3,(H,14,15). The summed E-state index contributed by atoms with van der Waals surface area (Å²) < 4.78 is 5.36. The maximum Gasteiger partial charge on any atom is 0.125 e. The minimum absolute atomic E-state index is 0.761. The highest BCUT2D eigenvalue weighted by Crippen LogP contribution is 2.25. The van der Waals surface area contributed by atoms with Gasteiger partial charge in [0.25, 0.3) is 0 Å². The molecule has 0 atom stereocenters. The van der Waals surface area contributed by atoms with Gasteiger partial charge in [-0.2, -0.15) is 11.8 Å². The molecule has 3 nitrogen and oxygen atoms in total. The van der Waals surface area contributed by atoms with Gasteiger partial charge in [-0.1, -0.05) is 6.07 Å². The van der Waals surface area contributed by atoms with Crippen molar-refractivity contribution in [3.8, 4) is 0 Å². The topological polar surface area (TPSA) is 34.1 Å². The van der Waals surface area contributed by atoms with Crippen LogP contribution in [0.1, 0.15) is 25.3 Å². The number of hydrogen-bond donors (Lipinski definition) is 1. The van der Waals surface area contributed by atoms with Gasteiger partial charge in [-0.05, 0) is 31.4 Å². The van der Waals surface area contributed by atoms with Crippen LogP contribution in [0.25, 0.3) is 0 Å². The molecule has 1 saturated heterocycles. The van der Waals surface area contributed by atoms with E-state index in [2.05, 4.69) is 29.4 Å². The Hall–Kier alpha value is -0.740. The second-order valence-corrected chi connectivity index (χ2v) is 5.49. The second kappa shape index (κ2) is 6.87. The lowest BCUT2D eigenvalue weighted by molar-refractivity contribution is 0.1000. The van der Waals surface area contributed by atoms with Crippen molar-refractivity contribution in [2.75, 3.05) is 25.1 Å². The van der Waals surface area contributed by atoms with Crippen LogP contribution in [0.3, 0.4) is 0 Å². The number of aromatic nitrogens is 1. The summed E-state index contributed by atoms with van der Waals surface area (Å²) in [7, 11) is 0. The highest BCUT2D eigenvalue weighted by Gasteiger charge is 2.13. The van der Waals surface area contributed by atoms with E-state index in [0.29, 0.717) is 0 Å². The van der Waals surface area contributed by atoms with Crippen molar-refractivity contribution in [2.45, 2.75) is 30.8 Å². The van der Waals surface area contributed by atoms with Crippen molar-refractivity contribution in [3.05, 3.63) is 23.9 Å². The van der Waals surface area contributed by atoms with E-state index in [0.717, 1.165) is 36.6 Å². The van der Waals surface area contributed by atoms with Gasteiger partial charge < -0.3 is 10.1 Å². The number of nitrogens with one attached hydrogen (secondary N) is 1. The Bertz CT molecular complexity index is 323. The lowest BCUT2D eigenvalue weighted by Gasteiger charge is -2.21. The van der Waals surface area contributed by atoms with Crippen molar-refractivity contribution in [2.24, 2.45) is 0 Å². The molecule has 0 aromatic carbocycles. The van der Waals surface area contributed by atoms with E-state index >= 15 is 0 Å². The smallest absolute Gasteiger partial charge is 0.125 e. The van der Waals surface area contributed by atoms with Gasteiger partial charge in [-0.15, -0.1) is 0 Å². The summed E-state index contributed by atoms with van der Waals surface area (Å²) in [5, 5.41) is 3.97. The van der Waals surface area contributed by atoms with Crippen LogP contribution in [0.4, 0.5) is 5.82 Å². The van der Waals surface area contributed by atoms with Gasteiger partial charge in [0, 0.05) is 37.0 Å². The molecular formula is C13H20N2OS. The zero-order valence-corrected chi connectivity index (χ0v) is 11.1. The fraction of sp³-hybridized carbons (Fsp3) is 0.615. The zero-order chi connectivity index (χ0) is 11.9. The first-order valence-electron chi connectivity index (χ1n) is 6.26. The molecule has 1 N–H and O–H groups in total. The molecule has 94 valence electrons. The molecule has 17 heavy (non-hydrogen) atoms. The first-order chi connectivity index (χ1) is 8.38. The Morgan fingerprint density at radius 3 is 2.88 bits per heavy atom. The number of hydrogen-bond acceptors (Lipinski definition) is 4. The molecule has 0 radical (unpaired) electrons. The Morgan fingerprint density at radius 1 is 1.41 bits per heavy atom. The Labute approximate surface area is 107 Å². The summed E-state index contributed by atoms with van der Waals surface area (Å²) in [6, 6.07) is 4.22. The van der Waals surface area contributed by atoms with Gasteiger partial charge in [0.1, 0.15) is 5.82 Å². The average molecular weight is 252 g/mol. The van der Waals surface area contributed by atoms with Gasteiger partial charge in [-0.3, -0.25) is 0 Å². The van der Waals surface area contributed by atoms with Crippen LogP contribution in [0.15, 0.2) is 18.3 Å². The van der Waals surface area contributed by atoms with Crippen molar-refractivity contribution in [3.63, 3.8) is 0 Å². The van der Waals surface area contributed by atoms with Crippen molar-refractivity contribution in [1.82, 2.24) is 4.98 Å². The predicted octanol–water partition coefficient (Wildman–Crippen LogP) is 2.93. The lowest BCUT2D eigenvalue weighted by atomic mass is 10.2. The number of anilines is 1. The van der Waals surface area contributed by atoms with E-state index in [1.54, 1.807) is 0 Å². The molecular weight excluding hydrogens is 232 g/mol. The Morgan fingerprint density at radius 2 is 2.24 bits per heavy atom. The van der Waals surface area contributed by atoms with Crippen molar-refractivity contribution in [1.29, 1.82) is 0 Å². The summed E-state index contributed by atoms with van der Waals surface area (Å²) in [5.41, 5.74) is 1.31. The van der Waals surface area contributed by atoms with E-state index in [4.69, 9.17) is 4.74 Å². The van der Waals surface area contributed by atoms with Crippen molar-refractivity contribution >= 4 is 17.6 Å². The molecule has 0 saturated carbocycles. The highest BCUT2D eigenvalue weighted by molar-refractivity contribution is 7.99. The fourth-order valence-corrected chi connectivity index (χ4v) is 2.98. The summed E-state index contributed by atoms with van der Waals surface area (Å²) >= 11 is 2.03. The molecule has 0 amide bonds. The molecule has 1 aromatic rings. The number of rotatable bonds is 5. The predicted molar refractivity (Wildman–Crippen MR) is 73.5 cm³/mol. The minimum Gasteiger partial charge on any atom is -0.381 e. The van der Waals surface area contributed by atoms with Gasteiger partial charge in [0.2, 0.25) is 0 Å². The first kappa shape index (κ1) is 12.7. The average Bonchev–Trinajstić information content (AvgIpc) is 2.40. The number of nitrogens with zero attached hydrogens (tertiary/aromatic N) is 1. The van der Waals surface area contributed by atoms with E-state index in [1.165, 1.54) is 18.4 Å². The van der Waals surface area contributed by atoms with Gasteiger partial charge in [0.05, 0.1) is 0 Å². The maximum absolute atomic E-state index is 5.36. The quantitative estimate of drug-likeness (QED) is 0.873. The summed E-state index contributed by atoms with van der Waals surface area (Å²) in [4.78, 5) is 4.38. The first-order valence-corrected chi connectivity index (χ1v) is 7.31. The molecule has 0 unspecified atom stereocenters. The SMILES string of the molecule is CCNc1ccc(CSC2CCOCC2)cn1. The molecule has 1 aliphatic heterocycles. The summed E-state index contributed by atoms with van der Waals surface area (Å²) in [6.45, 7) is 4.85. The molecule has 0 aliphatic carbocycles. The third kappa shape index (κ3) is 4.21. The van der Waals surface area contributed by atoms with Gasteiger partial charge in [-0.25, -0.2) is 4.98 Å². The molecule has 1 fully saturated rings. The van der Waals surface area contributed by atoms with Crippen LogP contribution in [-0.4, -0.2) is 30.0 Å². The van der Waals surface area contributed by atoms with Gasteiger partial charge >= 0.3 is 0 Å². The molecule has 1 aliphatic rings. The van der Waals surface area contributed by atoms with E-state index in [1.807, 2.05) is 18.0 Å². The highest BCUT2D eigenvalue weighted by atomic mass is 32.2. The van der Waals surface area contributed by atoms with E-state index in [9.17, 15) is 0 Å². The Kier molecular flexibility index (Phi) is 5.13. The molecule has 0 bridgehead atoms. The number of pyridine rings is 1. The third-order valence-electron chi connectivity index (χ3n) is 2.84. The fourth-order valence-electron chi connectivity index (χ4n) is 1.85. The third-order valence-corrected chi connectivity index (χ3v) is 4.28. The van der Waals surface area contributed by atoms with Crippen LogP contribution in [-0.2, 0) is 10.5 Å². The van der Waals surface area contributed by atoms with E-state index < -0.39 is 0 Å². The minimum atomic E-state index is 0.761. The molecule has 0 spiro atoms. The molecule has 4 heteroatoms. The number of thioether (sulfide) groups is 1. The monoisotopic (exact) mass is 252 g/mol. The largest absolute Gasteiger partial charge is 0.381 e. The summed E-state index contributed by atoms with van der Waals surface area (Å²) in [5.74, 6) is 2.02. The zero-order valence-electron chi connectivity index (χ0n) is 10.3. The van der Waals surface area contributed by atoms with Crippen LogP contribution in [0.5, 0.6) is 0 Å². The van der Waals surface area contributed by atoms with Crippen LogP contribution in [0, 0.1) is 0 Å². The van der Waals surface area contributed by atoms with E-state index in [-0.39, 0.29) is 0 Å². The lowest BCUT2D eigenvalue weighted by Crippen LogP contribution is -2.17. The van der Waals surface area contributed by atoms with Crippen LogP contribution < -0.4 is 5.32 Å². The normalized spacial score (nSPS) is 17.0. The van der Waals surface area contributed by atoms with Gasteiger partial charge in [0.15, 0.2) is 0 Å². The molecule has 1 aromatic heterocycles. The van der Waals surface area contributed by atoms with Crippen LogP contribution in [0.2, 0.25) is 0 Å². The van der Waals surface area contributed by atoms with Crippen LogP contribution >= 0.6 is 11.8 Å². The second-order valence-electron chi connectivity index (χ2n) is 4.20. The Balaban J connectivity index is 1.77. The van der Waals surface area contributed by atoms with Crippen molar-refractivity contribution < 1.29 is 4.74 Å². The molecule has 2 rings (SSSR count). The number of ether oxygens (including phenoxy) is 1.